The standard InChI is InChI=1S/C30H57NO9/c1-14-24-26(40-29-27(35-12)17(3)16(2)20(6)37-29)19(5)28(36-13)30(38-24)39-25(21(7)34-11)18(4)23(15-33-10)31(9)22(8)32/h16-21,23-30H,14-15H2,1-13H3. The van der Waals surface area contributed by atoms with Gasteiger partial charge in [-0.2, -0.15) is 0 Å². The molecular formula is C30H57NO9. The quantitative estimate of drug-likeness (QED) is 0.307. The first-order valence-electron chi connectivity index (χ1n) is 14.8. The number of hydrogen-bond acceptors (Lipinski definition) is 9. The molecule has 2 aliphatic heterocycles. The van der Waals surface area contributed by atoms with E-state index in [2.05, 4.69) is 41.5 Å². The van der Waals surface area contributed by atoms with E-state index in [0.29, 0.717) is 12.5 Å². The summed E-state index contributed by atoms with van der Waals surface area (Å²) in [7, 11) is 8.45. The van der Waals surface area contributed by atoms with Gasteiger partial charge >= 0.3 is 0 Å². The summed E-state index contributed by atoms with van der Waals surface area (Å²) in [4.78, 5) is 14.0. The highest BCUT2D eigenvalue weighted by atomic mass is 16.7. The van der Waals surface area contributed by atoms with Crippen molar-refractivity contribution < 1.29 is 42.7 Å². The predicted octanol–water partition coefficient (Wildman–Crippen LogP) is 3.74. The zero-order valence-electron chi connectivity index (χ0n) is 27.1. The fourth-order valence-corrected chi connectivity index (χ4v) is 6.24. The van der Waals surface area contributed by atoms with Crippen LogP contribution in [0, 0.1) is 23.7 Å². The number of likely N-dealkylation sites (N-methyl/N-ethyl adjacent to an activating group) is 1. The summed E-state index contributed by atoms with van der Waals surface area (Å²) in [6.07, 6.45) is -2.21. The van der Waals surface area contributed by atoms with Crippen molar-refractivity contribution in [1.29, 1.82) is 0 Å². The van der Waals surface area contributed by atoms with Crippen LogP contribution in [0.5, 0.6) is 0 Å². The van der Waals surface area contributed by atoms with Crippen molar-refractivity contribution in [2.45, 2.75) is 123 Å². The number of nitrogens with zero attached hydrogens (tertiary/aromatic N) is 1. The minimum Gasteiger partial charge on any atom is -0.383 e. The van der Waals surface area contributed by atoms with Gasteiger partial charge in [0.2, 0.25) is 5.91 Å². The molecule has 0 aliphatic carbocycles. The highest BCUT2D eigenvalue weighted by Crippen LogP contribution is 2.38. The van der Waals surface area contributed by atoms with Gasteiger partial charge in [-0.3, -0.25) is 4.79 Å². The van der Waals surface area contributed by atoms with Crippen LogP contribution in [0.25, 0.3) is 0 Å². The Balaban J connectivity index is 2.31. The molecule has 0 N–H and O–H groups in total. The maximum atomic E-state index is 12.3. The molecule has 0 aromatic carbocycles. The van der Waals surface area contributed by atoms with Crippen molar-refractivity contribution in [1.82, 2.24) is 4.90 Å². The van der Waals surface area contributed by atoms with E-state index >= 15 is 0 Å². The number of ether oxygens (including phenoxy) is 8. The summed E-state index contributed by atoms with van der Waals surface area (Å²) in [5.41, 5.74) is 0. The second-order valence-electron chi connectivity index (χ2n) is 11.8. The van der Waals surface area contributed by atoms with Gasteiger partial charge in [0.15, 0.2) is 12.6 Å². The maximum absolute atomic E-state index is 12.3. The van der Waals surface area contributed by atoms with Gasteiger partial charge in [-0.25, -0.2) is 0 Å². The van der Waals surface area contributed by atoms with E-state index in [-0.39, 0.29) is 60.2 Å². The van der Waals surface area contributed by atoms with Crippen LogP contribution in [0.3, 0.4) is 0 Å². The molecule has 0 radical (unpaired) electrons. The summed E-state index contributed by atoms with van der Waals surface area (Å²) < 4.78 is 49.4. The predicted molar refractivity (Wildman–Crippen MR) is 152 cm³/mol. The summed E-state index contributed by atoms with van der Waals surface area (Å²) in [5, 5.41) is 0. The average molecular weight is 576 g/mol. The molecule has 1 amide bonds. The fourth-order valence-electron chi connectivity index (χ4n) is 6.24. The first kappa shape index (κ1) is 35.3. The van der Waals surface area contributed by atoms with E-state index in [1.165, 1.54) is 0 Å². The second-order valence-corrected chi connectivity index (χ2v) is 11.8. The lowest BCUT2D eigenvalue weighted by molar-refractivity contribution is -0.351. The summed E-state index contributed by atoms with van der Waals surface area (Å²) >= 11 is 0. The van der Waals surface area contributed by atoms with Crippen LogP contribution in [0.2, 0.25) is 0 Å². The molecule has 0 aromatic rings. The Kier molecular flexibility index (Phi) is 14.2. The van der Waals surface area contributed by atoms with E-state index in [1.54, 1.807) is 47.3 Å². The Morgan fingerprint density at radius 2 is 1.48 bits per heavy atom. The lowest BCUT2D eigenvalue weighted by Gasteiger charge is -2.49. The zero-order valence-corrected chi connectivity index (χ0v) is 27.1. The van der Waals surface area contributed by atoms with Gasteiger partial charge in [0, 0.05) is 54.2 Å². The Labute approximate surface area is 242 Å². The average Bonchev–Trinajstić information content (AvgIpc) is 2.93. The zero-order chi connectivity index (χ0) is 30.3. The Hall–Kier alpha value is -0.850. The molecule has 2 aliphatic rings. The molecule has 2 saturated heterocycles. The van der Waals surface area contributed by atoms with Gasteiger partial charge < -0.3 is 42.8 Å². The minimum atomic E-state index is -0.663. The van der Waals surface area contributed by atoms with Crippen molar-refractivity contribution in [3.05, 3.63) is 0 Å². The molecule has 236 valence electrons. The number of carbonyl (C=O) groups excluding carboxylic acids is 1. The van der Waals surface area contributed by atoms with Crippen molar-refractivity contribution in [3.63, 3.8) is 0 Å². The molecule has 0 aromatic heterocycles. The molecule has 10 nitrogen and oxygen atoms in total. The number of methoxy groups -OCH3 is 4. The number of carbonyl (C=O) groups is 1. The summed E-state index contributed by atoms with van der Waals surface area (Å²) in [6.45, 7) is 16.6. The van der Waals surface area contributed by atoms with E-state index in [9.17, 15) is 4.79 Å². The van der Waals surface area contributed by atoms with E-state index in [0.717, 1.165) is 6.42 Å². The van der Waals surface area contributed by atoms with Crippen LogP contribution >= 0.6 is 0 Å². The first-order valence-corrected chi connectivity index (χ1v) is 14.8. The van der Waals surface area contributed by atoms with Crippen LogP contribution < -0.4 is 0 Å². The highest BCUT2D eigenvalue weighted by molar-refractivity contribution is 5.73. The van der Waals surface area contributed by atoms with Gasteiger partial charge in [0.05, 0.1) is 43.2 Å². The van der Waals surface area contributed by atoms with Crippen molar-refractivity contribution in [2.24, 2.45) is 23.7 Å². The third-order valence-electron chi connectivity index (χ3n) is 9.51. The fraction of sp³-hybridized carbons (Fsp3) is 0.967. The number of hydrogen-bond donors (Lipinski definition) is 0. The van der Waals surface area contributed by atoms with Gasteiger partial charge in [-0.1, -0.05) is 34.6 Å². The van der Waals surface area contributed by atoms with E-state index < -0.39 is 24.8 Å². The molecule has 40 heavy (non-hydrogen) atoms. The molecule has 14 unspecified atom stereocenters. The molecule has 0 saturated carbocycles. The minimum absolute atomic E-state index is 0.0432. The van der Waals surface area contributed by atoms with Gasteiger partial charge in [0.1, 0.15) is 12.2 Å². The van der Waals surface area contributed by atoms with Gasteiger partial charge in [-0.05, 0) is 32.1 Å². The monoisotopic (exact) mass is 575 g/mol. The number of amides is 1. The van der Waals surface area contributed by atoms with Crippen LogP contribution in [-0.4, -0.2) is 114 Å². The van der Waals surface area contributed by atoms with Crippen LogP contribution in [-0.2, 0) is 42.7 Å². The number of rotatable bonds is 14. The van der Waals surface area contributed by atoms with Crippen LogP contribution in [0.4, 0.5) is 0 Å². The Morgan fingerprint density at radius 1 is 0.875 bits per heavy atom. The van der Waals surface area contributed by atoms with Crippen LogP contribution in [0.15, 0.2) is 0 Å². The lowest BCUT2D eigenvalue weighted by atomic mass is 9.83. The molecule has 0 spiro atoms. The smallest absolute Gasteiger partial charge is 0.219 e. The Bertz CT molecular complexity index is 757. The third-order valence-corrected chi connectivity index (χ3v) is 9.51. The highest BCUT2D eigenvalue weighted by Gasteiger charge is 2.50. The van der Waals surface area contributed by atoms with Crippen molar-refractivity contribution in [2.75, 3.05) is 42.1 Å². The molecule has 14 atom stereocenters. The normalized spacial score (nSPS) is 37.9. The van der Waals surface area contributed by atoms with Crippen LogP contribution in [0.1, 0.15) is 61.8 Å². The second kappa shape index (κ2) is 16.1. The first-order chi connectivity index (χ1) is 18.9. The molecular weight excluding hydrogens is 518 g/mol. The topological polar surface area (TPSA) is 94.2 Å². The maximum Gasteiger partial charge on any atom is 0.219 e. The van der Waals surface area contributed by atoms with Gasteiger partial charge in [0.25, 0.3) is 0 Å². The van der Waals surface area contributed by atoms with E-state index in [4.69, 9.17) is 37.9 Å². The van der Waals surface area contributed by atoms with E-state index in [1.807, 2.05) is 6.92 Å². The van der Waals surface area contributed by atoms with Crippen molar-refractivity contribution >= 4 is 5.91 Å². The molecule has 2 heterocycles. The summed E-state index contributed by atoms with van der Waals surface area (Å²) in [5.74, 6) is 0.389. The SMILES string of the molecule is CCC1OC(OC(C(C)OC)C(C)C(COC)N(C)C(C)=O)C(OC)C(C)C1OC1OC(C)C(C)C(C)C1OC. The summed E-state index contributed by atoms with van der Waals surface area (Å²) in [6, 6.07) is -0.217. The molecule has 2 rings (SSSR count). The van der Waals surface area contributed by atoms with Crippen molar-refractivity contribution in [3.8, 4) is 0 Å². The van der Waals surface area contributed by atoms with Gasteiger partial charge in [-0.15, -0.1) is 0 Å². The molecule has 10 heteroatoms. The molecule has 0 bridgehead atoms. The largest absolute Gasteiger partial charge is 0.383 e. The molecule has 2 fully saturated rings. The third kappa shape index (κ3) is 7.95. The Morgan fingerprint density at radius 3 is 1.98 bits per heavy atom. The lowest BCUT2D eigenvalue weighted by Crippen LogP contribution is -2.60.